The predicted molar refractivity (Wildman–Crippen MR) is 96.0 cm³/mol. The standard InChI is InChI=1S/C18H25Cl2NO3/c1-11-17(3-2-14(19)18(11)20)24-13-4-6-21(7-5-13)10-12-8-15(22)16(23)9-12/h2-3,12-13,15-16,22-23H,4-10H2,1H3. The molecule has 1 aromatic carbocycles. The monoisotopic (exact) mass is 373 g/mol. The maximum Gasteiger partial charge on any atom is 0.124 e. The van der Waals surface area contributed by atoms with E-state index in [4.69, 9.17) is 27.9 Å². The molecular weight excluding hydrogens is 349 g/mol. The summed E-state index contributed by atoms with van der Waals surface area (Å²) in [5.41, 5.74) is 0.889. The second-order valence-electron chi connectivity index (χ2n) is 7.07. The van der Waals surface area contributed by atoms with E-state index in [0.29, 0.717) is 28.8 Å². The molecule has 2 aliphatic rings. The Morgan fingerprint density at radius 3 is 2.38 bits per heavy atom. The number of hydrogen-bond acceptors (Lipinski definition) is 4. The maximum atomic E-state index is 9.66. The summed E-state index contributed by atoms with van der Waals surface area (Å²) >= 11 is 12.2. The van der Waals surface area contributed by atoms with Crippen molar-refractivity contribution in [2.45, 2.75) is 50.9 Å². The van der Waals surface area contributed by atoms with Crippen molar-refractivity contribution in [2.24, 2.45) is 5.92 Å². The van der Waals surface area contributed by atoms with Crippen molar-refractivity contribution in [2.75, 3.05) is 19.6 Å². The van der Waals surface area contributed by atoms with Crippen LogP contribution in [0.15, 0.2) is 12.1 Å². The molecule has 1 aromatic rings. The van der Waals surface area contributed by atoms with E-state index in [1.165, 1.54) is 0 Å². The van der Waals surface area contributed by atoms with E-state index in [1.807, 2.05) is 13.0 Å². The quantitative estimate of drug-likeness (QED) is 0.850. The molecule has 6 heteroatoms. The first-order valence-electron chi connectivity index (χ1n) is 8.63. The second kappa shape index (κ2) is 7.79. The van der Waals surface area contributed by atoms with Gasteiger partial charge < -0.3 is 19.8 Å². The summed E-state index contributed by atoms with van der Waals surface area (Å²) in [4.78, 5) is 2.41. The normalized spacial score (nSPS) is 29.1. The Labute approximate surface area is 153 Å². The number of benzene rings is 1. The number of aliphatic hydroxyl groups excluding tert-OH is 2. The van der Waals surface area contributed by atoms with Crippen molar-refractivity contribution < 1.29 is 14.9 Å². The van der Waals surface area contributed by atoms with Gasteiger partial charge in [0.05, 0.1) is 22.3 Å². The average Bonchev–Trinajstić information content (AvgIpc) is 2.87. The van der Waals surface area contributed by atoms with Crippen molar-refractivity contribution >= 4 is 23.2 Å². The Balaban J connectivity index is 1.48. The fourth-order valence-corrected chi connectivity index (χ4v) is 4.12. The van der Waals surface area contributed by atoms with Gasteiger partial charge in [-0.2, -0.15) is 0 Å². The molecule has 0 spiro atoms. The fraction of sp³-hybridized carbons (Fsp3) is 0.667. The van der Waals surface area contributed by atoms with Crippen LogP contribution in [0.2, 0.25) is 10.0 Å². The number of likely N-dealkylation sites (tertiary alicyclic amines) is 1. The Hall–Kier alpha value is -0.520. The molecule has 134 valence electrons. The van der Waals surface area contributed by atoms with Crippen LogP contribution in [0.5, 0.6) is 5.75 Å². The van der Waals surface area contributed by atoms with E-state index in [2.05, 4.69) is 4.90 Å². The van der Waals surface area contributed by atoms with Gasteiger partial charge in [-0.25, -0.2) is 0 Å². The molecule has 2 unspecified atom stereocenters. The number of ether oxygens (including phenoxy) is 1. The molecule has 1 saturated carbocycles. The first-order valence-corrected chi connectivity index (χ1v) is 9.39. The molecular formula is C18H25Cl2NO3. The van der Waals surface area contributed by atoms with Crippen molar-refractivity contribution in [3.63, 3.8) is 0 Å². The van der Waals surface area contributed by atoms with E-state index in [9.17, 15) is 10.2 Å². The van der Waals surface area contributed by atoms with Gasteiger partial charge >= 0.3 is 0 Å². The largest absolute Gasteiger partial charge is 0.490 e. The molecule has 1 heterocycles. The molecule has 1 saturated heterocycles. The van der Waals surface area contributed by atoms with Crippen LogP contribution in [0.1, 0.15) is 31.2 Å². The number of rotatable bonds is 4. The van der Waals surface area contributed by atoms with Crippen LogP contribution < -0.4 is 4.74 Å². The van der Waals surface area contributed by atoms with Gasteiger partial charge in [-0.05, 0) is 50.7 Å². The van der Waals surface area contributed by atoms with E-state index < -0.39 is 12.2 Å². The highest BCUT2D eigenvalue weighted by Gasteiger charge is 2.33. The zero-order chi connectivity index (χ0) is 17.3. The number of piperidine rings is 1. The van der Waals surface area contributed by atoms with E-state index in [1.54, 1.807) is 6.07 Å². The lowest BCUT2D eigenvalue weighted by Crippen LogP contribution is -2.40. The van der Waals surface area contributed by atoms with Crippen LogP contribution in [-0.4, -0.2) is 53.1 Å². The zero-order valence-corrected chi connectivity index (χ0v) is 15.4. The van der Waals surface area contributed by atoms with Crippen molar-refractivity contribution in [1.82, 2.24) is 4.90 Å². The van der Waals surface area contributed by atoms with Gasteiger partial charge in [0.1, 0.15) is 11.9 Å². The van der Waals surface area contributed by atoms with Gasteiger partial charge in [-0.15, -0.1) is 0 Å². The average molecular weight is 374 g/mol. The van der Waals surface area contributed by atoms with Gasteiger partial charge in [0.15, 0.2) is 0 Å². The van der Waals surface area contributed by atoms with Crippen LogP contribution in [0.3, 0.4) is 0 Å². The Morgan fingerprint density at radius 1 is 1.12 bits per heavy atom. The minimum atomic E-state index is -0.548. The molecule has 2 N–H and O–H groups in total. The summed E-state index contributed by atoms with van der Waals surface area (Å²) in [6.07, 6.45) is 2.45. The summed E-state index contributed by atoms with van der Waals surface area (Å²) in [5.74, 6) is 1.20. The summed E-state index contributed by atoms with van der Waals surface area (Å²) in [7, 11) is 0. The fourth-order valence-electron chi connectivity index (χ4n) is 3.76. The molecule has 0 radical (unpaired) electrons. The highest BCUT2D eigenvalue weighted by Crippen LogP contribution is 2.34. The topological polar surface area (TPSA) is 52.9 Å². The third-order valence-corrected chi connectivity index (χ3v) is 6.13. The molecule has 1 aliphatic heterocycles. The Morgan fingerprint density at radius 2 is 1.75 bits per heavy atom. The predicted octanol–water partition coefficient (Wildman–Crippen LogP) is 3.28. The molecule has 0 aromatic heterocycles. The first kappa shape index (κ1) is 18.3. The smallest absolute Gasteiger partial charge is 0.124 e. The Kier molecular flexibility index (Phi) is 5.94. The number of halogens is 2. The molecule has 2 fully saturated rings. The molecule has 24 heavy (non-hydrogen) atoms. The molecule has 2 atom stereocenters. The summed E-state index contributed by atoms with van der Waals surface area (Å²) in [6, 6.07) is 3.66. The molecule has 0 amide bonds. The molecule has 0 bridgehead atoms. The van der Waals surface area contributed by atoms with Crippen molar-refractivity contribution in [3.8, 4) is 5.75 Å². The van der Waals surface area contributed by atoms with Crippen LogP contribution in [-0.2, 0) is 0 Å². The van der Waals surface area contributed by atoms with Crippen molar-refractivity contribution in [3.05, 3.63) is 27.7 Å². The number of hydrogen-bond donors (Lipinski definition) is 2. The molecule has 4 nitrogen and oxygen atoms in total. The van der Waals surface area contributed by atoms with Gasteiger partial charge in [-0.1, -0.05) is 23.2 Å². The second-order valence-corrected chi connectivity index (χ2v) is 7.86. The highest BCUT2D eigenvalue weighted by molar-refractivity contribution is 6.42. The highest BCUT2D eigenvalue weighted by atomic mass is 35.5. The Bertz CT molecular complexity index is 566. The number of nitrogens with zero attached hydrogens (tertiary/aromatic N) is 1. The SMILES string of the molecule is Cc1c(OC2CCN(CC3CC(O)C(O)C3)CC2)ccc(Cl)c1Cl. The van der Waals surface area contributed by atoms with E-state index >= 15 is 0 Å². The van der Waals surface area contributed by atoms with Gasteiger partial charge in [-0.3, -0.25) is 0 Å². The van der Waals surface area contributed by atoms with Gasteiger partial charge in [0.25, 0.3) is 0 Å². The van der Waals surface area contributed by atoms with E-state index in [0.717, 1.165) is 43.8 Å². The third kappa shape index (κ3) is 4.17. The van der Waals surface area contributed by atoms with Crippen LogP contribution >= 0.6 is 23.2 Å². The van der Waals surface area contributed by atoms with Crippen LogP contribution in [0.25, 0.3) is 0 Å². The minimum Gasteiger partial charge on any atom is -0.490 e. The summed E-state index contributed by atoms with van der Waals surface area (Å²) in [6.45, 7) is 4.84. The van der Waals surface area contributed by atoms with E-state index in [-0.39, 0.29) is 6.10 Å². The maximum absolute atomic E-state index is 9.66. The third-order valence-electron chi connectivity index (χ3n) is 5.23. The summed E-state index contributed by atoms with van der Waals surface area (Å²) < 4.78 is 6.12. The van der Waals surface area contributed by atoms with Crippen LogP contribution in [0.4, 0.5) is 0 Å². The zero-order valence-electron chi connectivity index (χ0n) is 13.9. The first-order chi connectivity index (χ1) is 11.4. The van der Waals surface area contributed by atoms with Crippen LogP contribution in [0, 0.1) is 12.8 Å². The number of aliphatic hydroxyl groups is 2. The molecule has 3 rings (SSSR count). The lowest BCUT2D eigenvalue weighted by molar-refractivity contribution is 0.0438. The lowest BCUT2D eigenvalue weighted by atomic mass is 10.0. The summed E-state index contributed by atoms with van der Waals surface area (Å²) in [5, 5.41) is 20.4. The van der Waals surface area contributed by atoms with Gasteiger partial charge in [0.2, 0.25) is 0 Å². The molecule has 1 aliphatic carbocycles. The minimum absolute atomic E-state index is 0.192. The lowest BCUT2D eigenvalue weighted by Gasteiger charge is -2.34. The van der Waals surface area contributed by atoms with Crippen molar-refractivity contribution in [1.29, 1.82) is 0 Å². The van der Waals surface area contributed by atoms with Gasteiger partial charge in [0, 0.05) is 25.2 Å².